The van der Waals surface area contributed by atoms with Crippen molar-refractivity contribution in [1.29, 1.82) is 0 Å². The summed E-state index contributed by atoms with van der Waals surface area (Å²) in [5, 5.41) is 0.705. The quantitative estimate of drug-likeness (QED) is 0.651. The molecule has 0 atom stereocenters. The molecule has 2 N–H and O–H groups in total. The molecule has 0 fully saturated rings. The van der Waals surface area contributed by atoms with Gasteiger partial charge < -0.3 is 15.0 Å². The lowest BCUT2D eigenvalue weighted by Gasteiger charge is -2.03. The number of aryl methyl sites for hydroxylation is 1. The summed E-state index contributed by atoms with van der Waals surface area (Å²) in [4.78, 5) is 4.27. The molecule has 0 aliphatic heterocycles. The Morgan fingerprint density at radius 2 is 2.05 bits per heavy atom. The van der Waals surface area contributed by atoms with Crippen molar-refractivity contribution in [2.45, 2.75) is 5.16 Å². The van der Waals surface area contributed by atoms with E-state index in [1.807, 2.05) is 0 Å². The van der Waals surface area contributed by atoms with Gasteiger partial charge in [-0.3, -0.25) is 0 Å². The van der Waals surface area contributed by atoms with E-state index in [-0.39, 0.29) is 0 Å². The third-order valence-corrected chi connectivity index (χ3v) is 3.60. The molecule has 19 heavy (non-hydrogen) atoms. The van der Waals surface area contributed by atoms with E-state index >= 15 is 0 Å². The van der Waals surface area contributed by atoms with Crippen molar-refractivity contribution in [3.05, 3.63) is 23.8 Å². The van der Waals surface area contributed by atoms with Gasteiger partial charge in [-0.05, 0) is 0 Å². The van der Waals surface area contributed by atoms with Crippen molar-refractivity contribution in [1.82, 2.24) is 9.55 Å². The van der Waals surface area contributed by atoms with Crippen LogP contribution < -0.4 is 5.73 Å². The van der Waals surface area contributed by atoms with Crippen LogP contribution in [0.2, 0.25) is 0 Å². The number of halogens is 2. The van der Waals surface area contributed by atoms with E-state index in [1.165, 1.54) is 11.8 Å². The van der Waals surface area contributed by atoms with Crippen molar-refractivity contribution in [3.8, 4) is 0 Å². The van der Waals surface area contributed by atoms with Gasteiger partial charge in [-0.25, -0.2) is 13.8 Å². The van der Waals surface area contributed by atoms with Gasteiger partial charge in [0.15, 0.2) is 16.8 Å². The first-order chi connectivity index (χ1) is 9.13. The van der Waals surface area contributed by atoms with Gasteiger partial charge in [0.2, 0.25) is 0 Å². The van der Waals surface area contributed by atoms with Crippen LogP contribution in [0.15, 0.2) is 17.3 Å². The molecule has 2 aromatic rings. The van der Waals surface area contributed by atoms with Gasteiger partial charge in [-0.1, -0.05) is 11.8 Å². The van der Waals surface area contributed by atoms with E-state index in [4.69, 9.17) is 10.5 Å². The van der Waals surface area contributed by atoms with Crippen LogP contribution in [0.3, 0.4) is 0 Å². The first-order valence-corrected chi connectivity index (χ1v) is 6.84. The second-order valence-electron chi connectivity index (χ2n) is 3.96. The van der Waals surface area contributed by atoms with Crippen LogP contribution in [-0.2, 0) is 11.8 Å². The molecule has 1 aromatic heterocycles. The highest BCUT2D eigenvalue weighted by molar-refractivity contribution is 7.99. The zero-order valence-electron chi connectivity index (χ0n) is 10.5. The Hall–Kier alpha value is -1.18. The minimum atomic E-state index is -0.881. The number of rotatable bonds is 6. The molecule has 0 unspecified atom stereocenters. The zero-order chi connectivity index (χ0) is 13.8. The standard InChI is InChI=1S/C12H15F2N3OS/c1-17-11-7-9(14)8(13)6-10(11)16-12(17)19-5-4-18-3-2-15/h6-7H,2-5,15H2,1H3. The number of ether oxygens (including phenoxy) is 1. The molecule has 0 saturated heterocycles. The number of fused-ring (bicyclic) bond motifs is 1. The molecule has 104 valence electrons. The van der Waals surface area contributed by atoms with Crippen molar-refractivity contribution in [3.63, 3.8) is 0 Å². The van der Waals surface area contributed by atoms with Gasteiger partial charge in [0.25, 0.3) is 0 Å². The van der Waals surface area contributed by atoms with Crippen LogP contribution in [0.1, 0.15) is 0 Å². The summed E-state index contributed by atoms with van der Waals surface area (Å²) in [5.74, 6) is -1.03. The number of aromatic nitrogens is 2. The Morgan fingerprint density at radius 3 is 2.79 bits per heavy atom. The molecule has 7 heteroatoms. The van der Waals surface area contributed by atoms with Gasteiger partial charge >= 0.3 is 0 Å². The summed E-state index contributed by atoms with van der Waals surface area (Å²) in [6.45, 7) is 1.59. The molecule has 0 amide bonds. The van der Waals surface area contributed by atoms with Crippen LogP contribution in [0.25, 0.3) is 11.0 Å². The summed E-state index contributed by atoms with van der Waals surface area (Å²) in [6, 6.07) is 2.27. The van der Waals surface area contributed by atoms with Gasteiger partial charge in [-0.15, -0.1) is 0 Å². The molecule has 4 nitrogen and oxygen atoms in total. The normalized spacial score (nSPS) is 11.4. The third kappa shape index (κ3) is 3.23. The second-order valence-corrected chi connectivity index (χ2v) is 5.02. The maximum Gasteiger partial charge on any atom is 0.168 e. The second kappa shape index (κ2) is 6.31. The average molecular weight is 287 g/mol. The summed E-state index contributed by atoms with van der Waals surface area (Å²) < 4.78 is 33.3. The lowest BCUT2D eigenvalue weighted by atomic mass is 10.3. The van der Waals surface area contributed by atoms with Crippen LogP contribution in [-0.4, -0.2) is 35.1 Å². The zero-order valence-corrected chi connectivity index (χ0v) is 11.3. The van der Waals surface area contributed by atoms with E-state index in [0.717, 1.165) is 12.1 Å². The fourth-order valence-electron chi connectivity index (χ4n) is 1.67. The Bertz CT molecular complexity index is 574. The lowest BCUT2D eigenvalue weighted by molar-refractivity contribution is 0.158. The first kappa shape index (κ1) is 14.2. The molecule has 0 saturated carbocycles. The minimum Gasteiger partial charge on any atom is -0.379 e. The molecule has 0 aliphatic carbocycles. The predicted molar refractivity (Wildman–Crippen MR) is 71.2 cm³/mol. The molecule has 2 rings (SSSR count). The van der Waals surface area contributed by atoms with Gasteiger partial charge in [-0.2, -0.15) is 0 Å². The van der Waals surface area contributed by atoms with E-state index in [9.17, 15) is 8.78 Å². The summed E-state index contributed by atoms with van der Waals surface area (Å²) in [6.07, 6.45) is 0. The summed E-state index contributed by atoms with van der Waals surface area (Å²) >= 11 is 1.48. The van der Waals surface area contributed by atoms with E-state index < -0.39 is 11.6 Å². The van der Waals surface area contributed by atoms with Crippen molar-refractivity contribution in [2.75, 3.05) is 25.5 Å². The number of thioether (sulfide) groups is 1. The average Bonchev–Trinajstić information content (AvgIpc) is 2.67. The van der Waals surface area contributed by atoms with Gasteiger partial charge in [0, 0.05) is 31.5 Å². The highest BCUT2D eigenvalue weighted by Gasteiger charge is 2.12. The lowest BCUT2D eigenvalue weighted by Crippen LogP contribution is -2.10. The number of hydrogen-bond acceptors (Lipinski definition) is 4. The molecular formula is C12H15F2N3OS. The molecule has 0 aliphatic rings. The number of benzene rings is 1. The fraction of sp³-hybridized carbons (Fsp3) is 0.417. The van der Waals surface area contributed by atoms with Crippen LogP contribution in [0, 0.1) is 11.6 Å². The smallest absolute Gasteiger partial charge is 0.168 e. The Balaban J connectivity index is 2.09. The SMILES string of the molecule is Cn1c(SCCOCCN)nc2cc(F)c(F)cc21. The van der Waals surface area contributed by atoms with E-state index in [1.54, 1.807) is 11.6 Å². The fourth-order valence-corrected chi connectivity index (χ4v) is 2.51. The molecular weight excluding hydrogens is 272 g/mol. The van der Waals surface area contributed by atoms with Crippen LogP contribution in [0.5, 0.6) is 0 Å². The van der Waals surface area contributed by atoms with Crippen LogP contribution in [0.4, 0.5) is 8.78 Å². The maximum atomic E-state index is 13.2. The third-order valence-electron chi connectivity index (χ3n) is 2.60. The number of imidazole rings is 1. The molecule has 1 aromatic carbocycles. The van der Waals surface area contributed by atoms with Crippen molar-refractivity contribution < 1.29 is 13.5 Å². The number of nitrogens with zero attached hydrogens (tertiary/aromatic N) is 2. The molecule has 0 radical (unpaired) electrons. The van der Waals surface area contributed by atoms with E-state index in [0.29, 0.717) is 41.7 Å². The van der Waals surface area contributed by atoms with Gasteiger partial charge in [0.05, 0.1) is 24.2 Å². The van der Waals surface area contributed by atoms with Crippen LogP contribution >= 0.6 is 11.8 Å². The predicted octanol–water partition coefficient (Wildman–Crippen LogP) is 1.92. The Morgan fingerprint density at radius 1 is 1.32 bits per heavy atom. The number of nitrogens with two attached hydrogens (primary N) is 1. The summed E-state index contributed by atoms with van der Waals surface area (Å²) in [7, 11) is 1.77. The Kier molecular flexibility index (Phi) is 4.73. The summed E-state index contributed by atoms with van der Waals surface area (Å²) in [5.41, 5.74) is 6.33. The maximum absolute atomic E-state index is 13.2. The first-order valence-electron chi connectivity index (χ1n) is 5.85. The minimum absolute atomic E-state index is 0.451. The van der Waals surface area contributed by atoms with Crippen molar-refractivity contribution in [2.24, 2.45) is 12.8 Å². The van der Waals surface area contributed by atoms with Gasteiger partial charge in [0.1, 0.15) is 0 Å². The molecule has 0 spiro atoms. The molecule has 1 heterocycles. The topological polar surface area (TPSA) is 53.1 Å². The largest absolute Gasteiger partial charge is 0.379 e. The Labute approximate surface area is 113 Å². The monoisotopic (exact) mass is 287 g/mol. The number of hydrogen-bond donors (Lipinski definition) is 1. The highest BCUT2D eigenvalue weighted by atomic mass is 32.2. The van der Waals surface area contributed by atoms with Crippen molar-refractivity contribution >= 4 is 22.8 Å². The van der Waals surface area contributed by atoms with E-state index in [2.05, 4.69) is 4.98 Å². The molecule has 0 bridgehead atoms. The highest BCUT2D eigenvalue weighted by Crippen LogP contribution is 2.24.